The smallest absolute Gasteiger partial charge is 0.341 e. The van der Waals surface area contributed by atoms with E-state index in [1.165, 1.54) is 24.8 Å². The van der Waals surface area contributed by atoms with Gasteiger partial charge in [0.25, 0.3) is 0 Å². The summed E-state index contributed by atoms with van der Waals surface area (Å²) < 4.78 is 4.60. The number of carbonyl (C=O) groups excluding carboxylic acids is 2. The largest absolute Gasteiger partial charge is 0.505 e. The van der Waals surface area contributed by atoms with Crippen LogP contribution in [0.3, 0.4) is 0 Å². The Bertz CT molecular complexity index is 751. The van der Waals surface area contributed by atoms with Crippen LogP contribution in [0.15, 0.2) is 42.5 Å². The van der Waals surface area contributed by atoms with Gasteiger partial charge in [-0.05, 0) is 35.6 Å². The van der Waals surface area contributed by atoms with E-state index in [0.717, 1.165) is 12.0 Å². The van der Waals surface area contributed by atoms with Crippen molar-refractivity contribution in [3.05, 3.63) is 59.2 Å². The van der Waals surface area contributed by atoms with Gasteiger partial charge in [0.05, 0.1) is 19.2 Å². The molecule has 0 spiro atoms. The molecule has 0 heterocycles. The number of para-hydroxylation sites is 1. The van der Waals surface area contributed by atoms with Gasteiger partial charge in [-0.15, -0.1) is 0 Å². The molecule has 2 N–H and O–H groups in total. The molecular formula is C20H23NO4. The number of rotatable bonds is 6. The van der Waals surface area contributed by atoms with E-state index >= 15 is 0 Å². The Morgan fingerprint density at radius 3 is 2.32 bits per heavy atom. The van der Waals surface area contributed by atoms with Gasteiger partial charge >= 0.3 is 5.97 Å². The highest BCUT2D eigenvalue weighted by atomic mass is 16.5. The number of methoxy groups -OCH3 is 1. The lowest BCUT2D eigenvalue weighted by atomic mass is 10.0. The molecule has 0 fully saturated rings. The first-order chi connectivity index (χ1) is 11.9. The average molecular weight is 341 g/mol. The lowest BCUT2D eigenvalue weighted by Gasteiger charge is -2.10. The zero-order valence-electron chi connectivity index (χ0n) is 14.7. The van der Waals surface area contributed by atoms with Crippen molar-refractivity contribution >= 4 is 17.6 Å². The van der Waals surface area contributed by atoms with Crippen molar-refractivity contribution in [2.75, 3.05) is 12.4 Å². The molecule has 0 aliphatic heterocycles. The van der Waals surface area contributed by atoms with Crippen molar-refractivity contribution in [3.8, 4) is 5.75 Å². The summed E-state index contributed by atoms with van der Waals surface area (Å²) in [6.07, 6.45) is 1.19. The van der Waals surface area contributed by atoms with Gasteiger partial charge in [0.2, 0.25) is 5.91 Å². The van der Waals surface area contributed by atoms with Gasteiger partial charge in [0.1, 0.15) is 5.56 Å². The Kier molecular flexibility index (Phi) is 6.17. The Balaban J connectivity index is 2.04. The molecule has 0 atom stereocenters. The fourth-order valence-corrected chi connectivity index (χ4v) is 2.56. The number of phenols is 1. The third kappa shape index (κ3) is 5.08. The highest BCUT2D eigenvalue weighted by Gasteiger charge is 2.16. The van der Waals surface area contributed by atoms with Crippen LogP contribution in [0.2, 0.25) is 0 Å². The van der Waals surface area contributed by atoms with E-state index in [1.54, 1.807) is 6.07 Å². The minimum Gasteiger partial charge on any atom is -0.505 e. The van der Waals surface area contributed by atoms with Gasteiger partial charge in [-0.2, -0.15) is 0 Å². The van der Waals surface area contributed by atoms with Crippen LogP contribution in [0.25, 0.3) is 0 Å². The standard InChI is InChI=1S/C20H23NO4/c1-13(2)11-14-7-9-15(10-8-14)12-18(22)21-17-6-4-5-16(19(17)23)20(24)25-3/h4-10,13,23H,11-12H2,1-3H3,(H,21,22). The number of ether oxygens (including phenoxy) is 1. The Labute approximate surface area is 147 Å². The predicted octanol–water partition coefficient (Wildman–Crippen LogP) is 3.56. The second-order valence-corrected chi connectivity index (χ2v) is 6.33. The van der Waals surface area contributed by atoms with Crippen LogP contribution < -0.4 is 5.32 Å². The zero-order valence-corrected chi connectivity index (χ0v) is 14.7. The summed E-state index contributed by atoms with van der Waals surface area (Å²) in [5, 5.41) is 12.7. The predicted molar refractivity (Wildman–Crippen MR) is 96.8 cm³/mol. The van der Waals surface area contributed by atoms with Gasteiger partial charge < -0.3 is 15.2 Å². The Hall–Kier alpha value is -2.82. The molecular weight excluding hydrogens is 318 g/mol. The third-order valence-electron chi connectivity index (χ3n) is 3.75. The van der Waals surface area contributed by atoms with E-state index in [4.69, 9.17) is 0 Å². The molecule has 5 nitrogen and oxygen atoms in total. The van der Waals surface area contributed by atoms with Crippen molar-refractivity contribution < 1.29 is 19.4 Å². The number of phenolic OH excluding ortho intramolecular Hbond substituents is 1. The number of hydrogen-bond donors (Lipinski definition) is 2. The molecule has 0 aliphatic rings. The fraction of sp³-hybridized carbons (Fsp3) is 0.300. The number of amides is 1. The van der Waals surface area contributed by atoms with E-state index in [9.17, 15) is 14.7 Å². The molecule has 2 rings (SSSR count). The van der Waals surface area contributed by atoms with E-state index in [-0.39, 0.29) is 29.3 Å². The monoisotopic (exact) mass is 341 g/mol. The average Bonchev–Trinajstić information content (AvgIpc) is 2.57. The first-order valence-electron chi connectivity index (χ1n) is 8.18. The number of aromatic hydroxyl groups is 1. The molecule has 5 heteroatoms. The summed E-state index contributed by atoms with van der Waals surface area (Å²) in [5.74, 6) is -0.641. The lowest BCUT2D eigenvalue weighted by molar-refractivity contribution is -0.115. The normalized spacial score (nSPS) is 10.6. The number of anilines is 1. The topological polar surface area (TPSA) is 75.6 Å². The van der Waals surface area contributed by atoms with Crippen LogP contribution in [0.4, 0.5) is 5.69 Å². The van der Waals surface area contributed by atoms with Crippen molar-refractivity contribution in [1.82, 2.24) is 0 Å². The summed E-state index contributed by atoms with van der Waals surface area (Å²) >= 11 is 0. The maximum Gasteiger partial charge on any atom is 0.341 e. The molecule has 2 aromatic rings. The molecule has 0 radical (unpaired) electrons. The molecule has 1 amide bonds. The summed E-state index contributed by atoms with van der Waals surface area (Å²) in [5.41, 5.74) is 2.32. The van der Waals surface area contributed by atoms with Gasteiger partial charge in [-0.25, -0.2) is 4.79 Å². The third-order valence-corrected chi connectivity index (χ3v) is 3.75. The van der Waals surface area contributed by atoms with E-state index in [1.807, 2.05) is 24.3 Å². The number of nitrogens with one attached hydrogen (secondary N) is 1. The summed E-state index contributed by atoms with van der Waals surface area (Å²) in [6.45, 7) is 4.33. The summed E-state index contributed by atoms with van der Waals surface area (Å²) in [6, 6.07) is 12.5. The van der Waals surface area contributed by atoms with Gasteiger partial charge in [-0.3, -0.25) is 4.79 Å². The van der Waals surface area contributed by atoms with Gasteiger partial charge in [0, 0.05) is 0 Å². The van der Waals surface area contributed by atoms with Crippen LogP contribution in [0, 0.1) is 5.92 Å². The van der Waals surface area contributed by atoms with Gasteiger partial charge in [-0.1, -0.05) is 44.2 Å². The van der Waals surface area contributed by atoms with Crippen LogP contribution in [0.1, 0.15) is 35.3 Å². The fourth-order valence-electron chi connectivity index (χ4n) is 2.56. The quantitative estimate of drug-likeness (QED) is 0.622. The van der Waals surface area contributed by atoms with Crippen molar-refractivity contribution in [2.45, 2.75) is 26.7 Å². The Morgan fingerprint density at radius 2 is 1.72 bits per heavy atom. The maximum absolute atomic E-state index is 12.2. The molecule has 2 aromatic carbocycles. The van der Waals surface area contributed by atoms with Crippen molar-refractivity contribution in [1.29, 1.82) is 0 Å². The molecule has 0 unspecified atom stereocenters. The van der Waals surface area contributed by atoms with E-state index in [2.05, 4.69) is 23.9 Å². The second kappa shape index (κ2) is 8.33. The zero-order chi connectivity index (χ0) is 18.4. The molecule has 0 aliphatic carbocycles. The highest BCUT2D eigenvalue weighted by molar-refractivity contribution is 5.99. The van der Waals surface area contributed by atoms with Crippen molar-refractivity contribution in [3.63, 3.8) is 0 Å². The SMILES string of the molecule is COC(=O)c1cccc(NC(=O)Cc2ccc(CC(C)C)cc2)c1O. The molecule has 132 valence electrons. The molecule has 25 heavy (non-hydrogen) atoms. The molecule has 0 bridgehead atoms. The Morgan fingerprint density at radius 1 is 1.08 bits per heavy atom. The van der Waals surface area contributed by atoms with Gasteiger partial charge in [0.15, 0.2) is 5.75 Å². The highest BCUT2D eigenvalue weighted by Crippen LogP contribution is 2.28. The summed E-state index contributed by atoms with van der Waals surface area (Å²) in [7, 11) is 1.23. The van der Waals surface area contributed by atoms with E-state index < -0.39 is 5.97 Å². The molecule has 0 saturated heterocycles. The lowest BCUT2D eigenvalue weighted by Crippen LogP contribution is -2.15. The maximum atomic E-state index is 12.2. The number of esters is 1. The number of carbonyl (C=O) groups is 2. The molecule has 0 aromatic heterocycles. The minimum absolute atomic E-state index is 0.0124. The van der Waals surface area contributed by atoms with Crippen molar-refractivity contribution in [2.24, 2.45) is 5.92 Å². The number of benzene rings is 2. The summed E-state index contributed by atoms with van der Waals surface area (Å²) in [4.78, 5) is 23.8. The van der Waals surface area contributed by atoms with Crippen LogP contribution >= 0.6 is 0 Å². The molecule has 0 saturated carbocycles. The first kappa shape index (κ1) is 18.5. The van der Waals surface area contributed by atoms with Crippen LogP contribution in [-0.4, -0.2) is 24.1 Å². The minimum atomic E-state index is -0.658. The van der Waals surface area contributed by atoms with Crippen LogP contribution in [-0.2, 0) is 22.4 Å². The second-order valence-electron chi connectivity index (χ2n) is 6.33. The first-order valence-corrected chi connectivity index (χ1v) is 8.18. The van der Waals surface area contributed by atoms with E-state index in [0.29, 0.717) is 5.92 Å². The van der Waals surface area contributed by atoms with Crippen LogP contribution in [0.5, 0.6) is 5.75 Å². The number of hydrogen-bond acceptors (Lipinski definition) is 4.